The van der Waals surface area contributed by atoms with E-state index in [1.165, 1.54) is 10.6 Å². The van der Waals surface area contributed by atoms with Gasteiger partial charge in [-0.3, -0.25) is 9.69 Å². The Hall–Kier alpha value is -1.60. The number of urea groups is 1. The third-order valence-corrected chi connectivity index (χ3v) is 6.83. The maximum Gasteiger partial charge on any atom is 0.327 e. The predicted octanol–water partition coefficient (Wildman–Crippen LogP) is 1.75. The van der Waals surface area contributed by atoms with E-state index in [2.05, 4.69) is 45.1 Å². The van der Waals surface area contributed by atoms with Crippen molar-refractivity contribution < 1.29 is 14.5 Å². The van der Waals surface area contributed by atoms with E-state index in [0.717, 1.165) is 75.8 Å². The molecule has 0 aliphatic carbocycles. The molecule has 1 atom stereocenters. The number of halogens is 1. The second kappa shape index (κ2) is 8.82. The third kappa shape index (κ3) is 4.20. The number of imide groups is 1. The van der Waals surface area contributed by atoms with Gasteiger partial charge in [0.25, 0.3) is 5.91 Å². The average Bonchev–Trinajstić information content (AvgIpc) is 2.96. The number of benzene rings is 1. The Morgan fingerprint density at radius 3 is 2.64 bits per heavy atom. The van der Waals surface area contributed by atoms with E-state index in [9.17, 15) is 9.59 Å². The number of nitrogens with one attached hydrogen (secondary N) is 1. The Bertz CT molecular complexity index is 696. The first-order valence-electron chi connectivity index (χ1n) is 10.6. The van der Waals surface area contributed by atoms with E-state index in [1.807, 2.05) is 0 Å². The highest BCUT2D eigenvalue weighted by atomic mass is 79.9. The Labute approximate surface area is 175 Å². The normalized spacial score (nSPS) is 23.5. The largest absolute Gasteiger partial charge is 0.360 e. The number of quaternary nitrogens is 1. The second-order valence-corrected chi connectivity index (χ2v) is 9.07. The Kier molecular flexibility index (Phi) is 6.21. The standard InChI is InChI=1S/C21H29BrN4O2/c22-17-6-5-7-18(16-17)24-14-12-23(13-15-24)9-3-4-11-26-20(27)19-8-1-2-10-25(19)21(26)28/h5-7,16,19H,1-4,8-15H2/p+1/t19-/m0/s1. The van der Waals surface area contributed by atoms with Gasteiger partial charge in [-0.25, -0.2) is 4.79 Å². The molecule has 0 aromatic heterocycles. The van der Waals surface area contributed by atoms with Crippen LogP contribution in [0.5, 0.6) is 0 Å². The van der Waals surface area contributed by atoms with E-state index >= 15 is 0 Å². The third-order valence-electron chi connectivity index (χ3n) is 6.34. The molecule has 4 rings (SSSR count). The molecular formula is C21H30BrN4O2+. The van der Waals surface area contributed by atoms with Gasteiger partial charge in [0, 0.05) is 23.2 Å². The number of piperazine rings is 1. The van der Waals surface area contributed by atoms with Crippen LogP contribution < -0.4 is 9.80 Å². The molecule has 0 bridgehead atoms. The van der Waals surface area contributed by atoms with Crippen LogP contribution in [0.1, 0.15) is 32.1 Å². The molecule has 28 heavy (non-hydrogen) atoms. The van der Waals surface area contributed by atoms with Crippen LogP contribution in [0.15, 0.2) is 28.7 Å². The van der Waals surface area contributed by atoms with Crippen LogP contribution in [0.2, 0.25) is 0 Å². The molecule has 0 spiro atoms. The topological polar surface area (TPSA) is 48.3 Å². The summed E-state index contributed by atoms with van der Waals surface area (Å²) in [5.74, 6) is 0.0414. The lowest BCUT2D eigenvalue weighted by Gasteiger charge is -2.33. The SMILES string of the molecule is O=C1[C@@H]2CCCCN2C(=O)N1CCCC[NH+]1CCN(c2cccc(Br)c2)CC1. The van der Waals surface area contributed by atoms with Crippen LogP contribution in [0.3, 0.4) is 0 Å². The number of hydrogen-bond donors (Lipinski definition) is 1. The molecule has 3 amide bonds. The maximum atomic E-state index is 12.5. The van der Waals surface area contributed by atoms with Gasteiger partial charge in [-0.15, -0.1) is 0 Å². The van der Waals surface area contributed by atoms with Crippen molar-refractivity contribution in [3.05, 3.63) is 28.7 Å². The average molecular weight is 450 g/mol. The van der Waals surface area contributed by atoms with Crippen LogP contribution >= 0.6 is 15.9 Å². The van der Waals surface area contributed by atoms with Crippen molar-refractivity contribution in [1.29, 1.82) is 0 Å². The van der Waals surface area contributed by atoms with Crippen LogP contribution in [-0.4, -0.2) is 73.6 Å². The Morgan fingerprint density at radius 1 is 1.07 bits per heavy atom. The lowest BCUT2D eigenvalue weighted by molar-refractivity contribution is -0.900. The molecule has 0 saturated carbocycles. The first-order valence-corrected chi connectivity index (χ1v) is 11.4. The van der Waals surface area contributed by atoms with E-state index in [0.29, 0.717) is 6.54 Å². The number of carbonyl (C=O) groups is 2. The van der Waals surface area contributed by atoms with Gasteiger partial charge >= 0.3 is 6.03 Å². The molecule has 152 valence electrons. The summed E-state index contributed by atoms with van der Waals surface area (Å²) in [5.41, 5.74) is 1.29. The Morgan fingerprint density at radius 2 is 1.89 bits per heavy atom. The minimum absolute atomic E-state index is 0.0414. The molecule has 3 aliphatic rings. The molecule has 1 aromatic carbocycles. The molecule has 3 heterocycles. The number of nitrogens with zero attached hydrogens (tertiary/aromatic N) is 3. The summed E-state index contributed by atoms with van der Waals surface area (Å²) in [6, 6.07) is 8.29. The van der Waals surface area contributed by atoms with E-state index < -0.39 is 0 Å². The first-order chi connectivity index (χ1) is 13.6. The number of piperidine rings is 1. The second-order valence-electron chi connectivity index (χ2n) is 8.15. The number of unbranched alkanes of at least 4 members (excludes halogenated alkanes) is 1. The summed E-state index contributed by atoms with van der Waals surface area (Å²) in [5, 5.41) is 0. The molecule has 7 heteroatoms. The van der Waals surface area contributed by atoms with Crippen molar-refractivity contribution in [3.63, 3.8) is 0 Å². The summed E-state index contributed by atoms with van der Waals surface area (Å²) in [6.07, 6.45) is 4.90. The number of rotatable bonds is 6. The van der Waals surface area contributed by atoms with Gasteiger partial charge < -0.3 is 14.7 Å². The lowest BCUT2D eigenvalue weighted by Crippen LogP contribution is -3.14. The summed E-state index contributed by atoms with van der Waals surface area (Å²) in [4.78, 5) is 32.3. The van der Waals surface area contributed by atoms with Gasteiger partial charge in [-0.1, -0.05) is 22.0 Å². The Balaban J connectivity index is 1.17. The molecule has 0 radical (unpaired) electrons. The van der Waals surface area contributed by atoms with Crippen molar-refractivity contribution in [3.8, 4) is 0 Å². The molecule has 3 fully saturated rings. The van der Waals surface area contributed by atoms with Crippen LogP contribution in [0, 0.1) is 0 Å². The van der Waals surface area contributed by atoms with E-state index in [1.54, 1.807) is 9.80 Å². The van der Waals surface area contributed by atoms with Crippen molar-refractivity contribution in [2.24, 2.45) is 0 Å². The summed E-state index contributed by atoms with van der Waals surface area (Å²) >= 11 is 3.55. The lowest BCUT2D eigenvalue weighted by atomic mass is 10.0. The van der Waals surface area contributed by atoms with Crippen LogP contribution in [0.25, 0.3) is 0 Å². The van der Waals surface area contributed by atoms with Crippen molar-refractivity contribution in [2.45, 2.75) is 38.1 Å². The zero-order valence-electron chi connectivity index (χ0n) is 16.4. The number of anilines is 1. The fourth-order valence-corrected chi connectivity index (χ4v) is 5.09. The van der Waals surface area contributed by atoms with Crippen molar-refractivity contribution in [1.82, 2.24) is 9.80 Å². The van der Waals surface area contributed by atoms with Crippen LogP contribution in [-0.2, 0) is 4.79 Å². The summed E-state index contributed by atoms with van der Waals surface area (Å²) in [6.45, 7) is 6.89. The summed E-state index contributed by atoms with van der Waals surface area (Å²) < 4.78 is 1.13. The highest BCUT2D eigenvalue weighted by Gasteiger charge is 2.45. The quantitative estimate of drug-likeness (QED) is 0.531. The van der Waals surface area contributed by atoms with Gasteiger partial charge in [0.2, 0.25) is 0 Å². The molecule has 1 N–H and O–H groups in total. The predicted molar refractivity (Wildman–Crippen MR) is 113 cm³/mol. The number of fused-ring (bicyclic) bond motifs is 1. The summed E-state index contributed by atoms with van der Waals surface area (Å²) in [7, 11) is 0. The fourth-order valence-electron chi connectivity index (χ4n) is 4.70. The van der Waals surface area contributed by atoms with Gasteiger partial charge in [-0.2, -0.15) is 0 Å². The smallest absolute Gasteiger partial charge is 0.327 e. The van der Waals surface area contributed by atoms with Gasteiger partial charge in [0.1, 0.15) is 6.04 Å². The molecular weight excluding hydrogens is 420 g/mol. The molecule has 1 aromatic rings. The fraction of sp³-hybridized carbons (Fsp3) is 0.619. The van der Waals surface area contributed by atoms with Crippen molar-refractivity contribution >= 4 is 33.6 Å². The van der Waals surface area contributed by atoms with E-state index in [-0.39, 0.29) is 18.0 Å². The minimum Gasteiger partial charge on any atom is -0.360 e. The molecule has 0 unspecified atom stereocenters. The molecule has 3 saturated heterocycles. The van der Waals surface area contributed by atoms with Gasteiger partial charge in [0.05, 0.1) is 32.7 Å². The van der Waals surface area contributed by atoms with Gasteiger partial charge in [-0.05, 0) is 50.3 Å². The number of amides is 3. The van der Waals surface area contributed by atoms with Gasteiger partial charge in [0.15, 0.2) is 0 Å². The number of carbonyl (C=O) groups excluding carboxylic acids is 2. The zero-order valence-corrected chi connectivity index (χ0v) is 18.0. The molecule has 3 aliphatic heterocycles. The molecule has 6 nitrogen and oxygen atoms in total. The highest BCUT2D eigenvalue weighted by molar-refractivity contribution is 9.10. The van der Waals surface area contributed by atoms with Crippen molar-refractivity contribution in [2.75, 3.05) is 50.7 Å². The maximum absolute atomic E-state index is 12.5. The first kappa shape index (κ1) is 19.7. The van der Waals surface area contributed by atoms with E-state index in [4.69, 9.17) is 0 Å². The minimum atomic E-state index is -0.169. The zero-order chi connectivity index (χ0) is 19.5. The highest BCUT2D eigenvalue weighted by Crippen LogP contribution is 2.26. The monoisotopic (exact) mass is 449 g/mol. The van der Waals surface area contributed by atoms with Crippen LogP contribution in [0.4, 0.5) is 10.5 Å². The number of hydrogen-bond acceptors (Lipinski definition) is 3.